The molecule has 10 heavy (non-hydrogen) atoms. The monoisotopic (exact) mass is 162 g/mol. The highest BCUT2D eigenvalue weighted by Gasteiger charge is 2.37. The molecule has 0 aromatic heterocycles. The minimum atomic E-state index is -1.89. The number of hydrogen-bond donors (Lipinski definition) is 0. The standard InChI is InChI=1S/C5H9NO3P/c1-9-10(8)6-4-2-3-5(6)7/h2-4H2,1H3/q+1. The number of carbonyl (C=O) groups excluding carboxylic acids is 1. The van der Waals surface area contributed by atoms with Crippen LogP contribution in [0.1, 0.15) is 12.8 Å². The molecular formula is C5H9NO3P+. The van der Waals surface area contributed by atoms with Crippen LogP contribution in [-0.2, 0) is 13.9 Å². The molecule has 1 aliphatic heterocycles. The van der Waals surface area contributed by atoms with Crippen molar-refractivity contribution in [1.29, 1.82) is 0 Å². The highest BCUT2D eigenvalue weighted by atomic mass is 31.1. The summed E-state index contributed by atoms with van der Waals surface area (Å²) in [6, 6.07) is 0. The molecule has 1 amide bonds. The van der Waals surface area contributed by atoms with Gasteiger partial charge in [-0.1, -0.05) is 0 Å². The van der Waals surface area contributed by atoms with Crippen molar-refractivity contribution < 1.29 is 13.9 Å². The second-order valence-corrected chi connectivity index (χ2v) is 3.36. The van der Waals surface area contributed by atoms with Crippen LogP contribution < -0.4 is 0 Å². The molecule has 1 unspecified atom stereocenters. The molecule has 0 bridgehead atoms. The van der Waals surface area contributed by atoms with E-state index in [-0.39, 0.29) is 5.91 Å². The van der Waals surface area contributed by atoms with E-state index in [0.29, 0.717) is 13.0 Å². The second-order valence-electron chi connectivity index (χ2n) is 2.04. The molecule has 1 saturated heterocycles. The largest absolute Gasteiger partial charge is 0.648 e. The predicted molar refractivity (Wildman–Crippen MR) is 35.6 cm³/mol. The highest BCUT2D eigenvalue weighted by Crippen LogP contribution is 2.31. The van der Waals surface area contributed by atoms with Gasteiger partial charge in [-0.15, -0.1) is 9.19 Å². The molecule has 1 fully saturated rings. The zero-order valence-electron chi connectivity index (χ0n) is 5.74. The first-order valence-electron chi connectivity index (χ1n) is 3.07. The third-order valence-electron chi connectivity index (χ3n) is 1.40. The molecule has 1 atom stereocenters. The number of amides is 1. The summed E-state index contributed by atoms with van der Waals surface area (Å²) < 4.78 is 16.6. The van der Waals surface area contributed by atoms with E-state index in [4.69, 9.17) is 0 Å². The second kappa shape index (κ2) is 3.08. The van der Waals surface area contributed by atoms with Crippen LogP contribution in [0.2, 0.25) is 0 Å². The normalized spacial score (nSPS) is 19.9. The van der Waals surface area contributed by atoms with Gasteiger partial charge in [0.15, 0.2) is 0 Å². The molecule has 0 aliphatic carbocycles. The first-order chi connectivity index (χ1) is 4.75. The maximum atomic E-state index is 10.9. The van der Waals surface area contributed by atoms with E-state index in [1.54, 1.807) is 0 Å². The van der Waals surface area contributed by atoms with Gasteiger partial charge in [0.05, 0.1) is 13.7 Å². The molecule has 0 aromatic rings. The van der Waals surface area contributed by atoms with Crippen molar-refractivity contribution in [3.8, 4) is 0 Å². The Balaban J connectivity index is 2.55. The quantitative estimate of drug-likeness (QED) is 0.567. The van der Waals surface area contributed by atoms with E-state index in [1.807, 2.05) is 0 Å². The van der Waals surface area contributed by atoms with Crippen LogP contribution in [0.3, 0.4) is 0 Å². The number of rotatable bonds is 2. The third-order valence-corrected chi connectivity index (χ3v) is 2.53. The fourth-order valence-electron chi connectivity index (χ4n) is 0.905. The van der Waals surface area contributed by atoms with Gasteiger partial charge in [0.2, 0.25) is 0 Å². The van der Waals surface area contributed by atoms with E-state index in [1.165, 1.54) is 11.8 Å². The summed E-state index contributed by atoms with van der Waals surface area (Å²) in [5.41, 5.74) is 0. The fraction of sp³-hybridized carbons (Fsp3) is 0.800. The molecule has 0 aromatic carbocycles. The average Bonchev–Trinajstić information content (AvgIpc) is 2.34. The summed E-state index contributed by atoms with van der Waals surface area (Å²) in [6.45, 7) is 0.571. The molecule has 1 heterocycles. The summed E-state index contributed by atoms with van der Waals surface area (Å²) in [5, 5.41) is 0. The van der Waals surface area contributed by atoms with Crippen molar-refractivity contribution in [2.45, 2.75) is 12.8 Å². The molecule has 1 aliphatic rings. The Hall–Kier alpha value is -0.470. The van der Waals surface area contributed by atoms with Gasteiger partial charge < -0.3 is 0 Å². The summed E-state index contributed by atoms with van der Waals surface area (Å²) in [6.07, 6.45) is 1.30. The number of nitrogens with zero attached hydrogens (tertiary/aromatic N) is 1. The minimum Gasteiger partial charge on any atom is -0.271 e. The van der Waals surface area contributed by atoms with Gasteiger partial charge in [0, 0.05) is 6.42 Å². The molecule has 0 saturated carbocycles. The Bertz CT molecular complexity index is 170. The first kappa shape index (κ1) is 7.63. The Labute approximate surface area is 60.1 Å². The zero-order chi connectivity index (χ0) is 7.56. The fourth-order valence-corrected chi connectivity index (χ4v) is 1.69. The van der Waals surface area contributed by atoms with Crippen LogP contribution in [0.5, 0.6) is 0 Å². The molecular weight excluding hydrogens is 153 g/mol. The lowest BCUT2D eigenvalue weighted by Gasteiger charge is -1.95. The molecule has 0 spiro atoms. The maximum absolute atomic E-state index is 10.9. The van der Waals surface area contributed by atoms with E-state index in [2.05, 4.69) is 4.52 Å². The van der Waals surface area contributed by atoms with E-state index in [9.17, 15) is 9.36 Å². The Morgan fingerprint density at radius 3 is 2.80 bits per heavy atom. The van der Waals surface area contributed by atoms with Gasteiger partial charge in [0.1, 0.15) is 0 Å². The van der Waals surface area contributed by atoms with Gasteiger partial charge in [-0.3, -0.25) is 4.79 Å². The summed E-state index contributed by atoms with van der Waals surface area (Å²) in [7, 11) is -0.547. The van der Waals surface area contributed by atoms with Crippen LogP contribution in [0.25, 0.3) is 0 Å². The Morgan fingerprint density at radius 1 is 1.70 bits per heavy atom. The molecule has 1 rings (SSSR count). The van der Waals surface area contributed by atoms with Gasteiger partial charge >= 0.3 is 8.18 Å². The molecule has 0 N–H and O–H groups in total. The zero-order valence-corrected chi connectivity index (χ0v) is 6.63. The van der Waals surface area contributed by atoms with E-state index in [0.717, 1.165) is 6.42 Å². The van der Waals surface area contributed by atoms with Crippen LogP contribution >= 0.6 is 8.18 Å². The lowest BCUT2D eigenvalue weighted by molar-refractivity contribution is -0.123. The third kappa shape index (κ3) is 1.33. The lowest BCUT2D eigenvalue weighted by atomic mass is 10.4. The predicted octanol–water partition coefficient (Wildman–Crippen LogP) is 0.913. The van der Waals surface area contributed by atoms with Gasteiger partial charge in [-0.05, 0) is 11.0 Å². The van der Waals surface area contributed by atoms with Crippen LogP contribution in [0.4, 0.5) is 0 Å². The Kier molecular flexibility index (Phi) is 2.35. The van der Waals surface area contributed by atoms with Crippen LogP contribution in [0.15, 0.2) is 0 Å². The average molecular weight is 162 g/mol. The van der Waals surface area contributed by atoms with Crippen molar-refractivity contribution >= 4 is 14.1 Å². The first-order valence-corrected chi connectivity index (χ1v) is 4.20. The van der Waals surface area contributed by atoms with Crippen molar-refractivity contribution in [3.05, 3.63) is 0 Å². The van der Waals surface area contributed by atoms with Crippen molar-refractivity contribution in [2.75, 3.05) is 13.7 Å². The van der Waals surface area contributed by atoms with E-state index >= 15 is 0 Å². The summed E-state index contributed by atoms with van der Waals surface area (Å²) in [5.74, 6) is -0.0667. The molecule has 0 radical (unpaired) electrons. The summed E-state index contributed by atoms with van der Waals surface area (Å²) in [4.78, 5) is 10.8. The Morgan fingerprint density at radius 2 is 2.40 bits per heavy atom. The number of hydrogen-bond acceptors (Lipinski definition) is 3. The van der Waals surface area contributed by atoms with E-state index < -0.39 is 8.18 Å². The molecule has 56 valence electrons. The van der Waals surface area contributed by atoms with Crippen molar-refractivity contribution in [2.24, 2.45) is 0 Å². The van der Waals surface area contributed by atoms with Gasteiger partial charge in [0.25, 0.3) is 5.91 Å². The smallest absolute Gasteiger partial charge is 0.271 e. The van der Waals surface area contributed by atoms with Crippen molar-refractivity contribution in [3.63, 3.8) is 0 Å². The minimum absolute atomic E-state index is 0.0667. The summed E-state index contributed by atoms with van der Waals surface area (Å²) >= 11 is 0. The lowest BCUT2D eigenvalue weighted by Crippen LogP contribution is -2.15. The van der Waals surface area contributed by atoms with Crippen LogP contribution in [0, 0.1) is 0 Å². The van der Waals surface area contributed by atoms with Gasteiger partial charge in [-0.25, -0.2) is 0 Å². The topological polar surface area (TPSA) is 46.6 Å². The molecule has 4 nitrogen and oxygen atoms in total. The SMILES string of the molecule is CO[P+](=O)N1CCCC1=O. The highest BCUT2D eigenvalue weighted by molar-refractivity contribution is 7.37. The molecule has 5 heteroatoms. The van der Waals surface area contributed by atoms with Gasteiger partial charge in [-0.2, -0.15) is 0 Å². The number of carbonyl (C=O) groups is 1. The van der Waals surface area contributed by atoms with Crippen molar-refractivity contribution in [1.82, 2.24) is 4.67 Å². The maximum Gasteiger partial charge on any atom is 0.648 e. The van der Waals surface area contributed by atoms with Crippen LogP contribution in [-0.4, -0.2) is 24.2 Å².